The fourth-order valence-corrected chi connectivity index (χ4v) is 1.09. The number of hydrogen-bond donors (Lipinski definition) is 0. The molecule has 0 aromatic carbocycles. The van der Waals surface area contributed by atoms with Crippen LogP contribution >= 0.6 is 0 Å². The predicted octanol–water partition coefficient (Wildman–Crippen LogP) is 1.94. The molecule has 0 aliphatic heterocycles. The van der Waals surface area contributed by atoms with E-state index in [-0.39, 0.29) is 12.1 Å². The maximum atomic E-state index is 11.2. The third-order valence-corrected chi connectivity index (χ3v) is 2.11. The van der Waals surface area contributed by atoms with Crippen molar-refractivity contribution in [2.75, 3.05) is 20.2 Å². The summed E-state index contributed by atoms with van der Waals surface area (Å²) in [6, 6.07) is 0.242. The summed E-state index contributed by atoms with van der Waals surface area (Å²) in [5, 5.41) is 0. The van der Waals surface area contributed by atoms with E-state index in [0.29, 0.717) is 13.2 Å². The Morgan fingerprint density at radius 3 is 2.64 bits per heavy atom. The largest absolute Gasteiger partial charge is 0.450 e. The number of aliphatic imine (C=N–C) groups is 1. The summed E-state index contributed by atoms with van der Waals surface area (Å²) in [4.78, 5) is 16.7. The lowest BCUT2D eigenvalue weighted by Gasteiger charge is -2.18. The molecule has 0 heterocycles. The molecule has 1 atom stereocenters. The second-order valence-electron chi connectivity index (χ2n) is 3.15. The van der Waals surface area contributed by atoms with Crippen LogP contribution < -0.4 is 0 Å². The number of rotatable bonds is 6. The monoisotopic (exact) mass is 200 g/mol. The van der Waals surface area contributed by atoms with Crippen molar-refractivity contribution in [3.8, 4) is 0 Å². The minimum Gasteiger partial charge on any atom is -0.450 e. The van der Waals surface area contributed by atoms with Crippen LogP contribution in [0.15, 0.2) is 4.99 Å². The first-order valence-electron chi connectivity index (χ1n) is 4.99. The molecule has 0 saturated heterocycles. The second-order valence-corrected chi connectivity index (χ2v) is 3.15. The van der Waals surface area contributed by atoms with E-state index in [1.807, 2.05) is 0 Å². The minimum atomic E-state index is -0.272. The fraction of sp³-hybridized carbons (Fsp3) is 0.800. The zero-order valence-corrected chi connectivity index (χ0v) is 9.32. The number of hydrogen-bond acceptors (Lipinski definition) is 3. The fourth-order valence-electron chi connectivity index (χ4n) is 1.09. The maximum absolute atomic E-state index is 11.2. The van der Waals surface area contributed by atoms with E-state index >= 15 is 0 Å². The highest BCUT2D eigenvalue weighted by molar-refractivity contribution is 5.67. The van der Waals surface area contributed by atoms with Crippen LogP contribution in [0.2, 0.25) is 0 Å². The Balaban J connectivity index is 3.76. The zero-order valence-electron chi connectivity index (χ0n) is 9.32. The van der Waals surface area contributed by atoms with Crippen LogP contribution in [0.4, 0.5) is 4.79 Å². The molecule has 0 fully saturated rings. The van der Waals surface area contributed by atoms with Gasteiger partial charge < -0.3 is 9.64 Å². The van der Waals surface area contributed by atoms with Gasteiger partial charge in [0.15, 0.2) is 0 Å². The molecule has 0 N–H and O–H groups in total. The van der Waals surface area contributed by atoms with Gasteiger partial charge in [-0.05, 0) is 26.5 Å². The summed E-state index contributed by atoms with van der Waals surface area (Å²) >= 11 is 0. The lowest BCUT2D eigenvalue weighted by atomic mass is 10.1. The molecule has 0 saturated carbocycles. The van der Waals surface area contributed by atoms with Gasteiger partial charge in [-0.15, -0.1) is 0 Å². The van der Waals surface area contributed by atoms with Gasteiger partial charge in [-0.2, -0.15) is 0 Å². The molecule has 82 valence electrons. The summed E-state index contributed by atoms with van der Waals surface area (Å²) in [5.74, 6) is 0. The predicted molar refractivity (Wildman–Crippen MR) is 57.9 cm³/mol. The SMILES string of the molecule is C=NC(CC)CCN(C)C(=O)OCC. The minimum absolute atomic E-state index is 0.242. The molecule has 0 rings (SSSR count). The molecular weight excluding hydrogens is 180 g/mol. The lowest BCUT2D eigenvalue weighted by Crippen LogP contribution is -2.30. The number of ether oxygens (including phenoxy) is 1. The highest BCUT2D eigenvalue weighted by Crippen LogP contribution is 2.03. The van der Waals surface area contributed by atoms with Gasteiger partial charge in [-0.1, -0.05) is 6.92 Å². The summed E-state index contributed by atoms with van der Waals surface area (Å²) in [6.07, 6.45) is 1.53. The topological polar surface area (TPSA) is 41.9 Å². The summed E-state index contributed by atoms with van der Waals surface area (Å²) in [7, 11) is 1.73. The molecule has 14 heavy (non-hydrogen) atoms. The van der Waals surface area contributed by atoms with E-state index in [1.165, 1.54) is 0 Å². The zero-order chi connectivity index (χ0) is 11.0. The van der Waals surface area contributed by atoms with Gasteiger partial charge in [-0.25, -0.2) is 4.79 Å². The first-order valence-corrected chi connectivity index (χ1v) is 4.99. The van der Waals surface area contributed by atoms with Gasteiger partial charge in [0.05, 0.1) is 12.6 Å². The Hall–Kier alpha value is -1.06. The molecule has 4 nitrogen and oxygen atoms in total. The van der Waals surface area contributed by atoms with Crippen LogP contribution in [0.1, 0.15) is 26.7 Å². The van der Waals surface area contributed by atoms with E-state index in [2.05, 4.69) is 18.6 Å². The molecule has 0 aromatic rings. The molecule has 0 aliphatic carbocycles. The van der Waals surface area contributed by atoms with Crippen LogP contribution in [-0.4, -0.2) is 44.0 Å². The van der Waals surface area contributed by atoms with E-state index in [4.69, 9.17) is 4.74 Å². The Bertz CT molecular complexity index is 183. The number of amides is 1. The van der Waals surface area contributed by atoms with Crippen molar-refractivity contribution in [1.82, 2.24) is 4.90 Å². The van der Waals surface area contributed by atoms with Crippen molar-refractivity contribution in [2.45, 2.75) is 32.7 Å². The van der Waals surface area contributed by atoms with Gasteiger partial charge in [-0.3, -0.25) is 4.99 Å². The Labute approximate surface area is 86.0 Å². The summed E-state index contributed by atoms with van der Waals surface area (Å²) in [6.45, 7) is 8.44. The van der Waals surface area contributed by atoms with Crippen LogP contribution in [0, 0.1) is 0 Å². The smallest absolute Gasteiger partial charge is 0.409 e. The van der Waals surface area contributed by atoms with Gasteiger partial charge >= 0.3 is 6.09 Å². The molecule has 0 aliphatic rings. The van der Waals surface area contributed by atoms with Crippen molar-refractivity contribution >= 4 is 12.8 Å². The van der Waals surface area contributed by atoms with Crippen LogP contribution in [0.5, 0.6) is 0 Å². The number of nitrogens with zero attached hydrogens (tertiary/aromatic N) is 2. The molecule has 0 radical (unpaired) electrons. The van der Waals surface area contributed by atoms with Crippen LogP contribution in [0.3, 0.4) is 0 Å². The molecule has 1 unspecified atom stereocenters. The highest BCUT2D eigenvalue weighted by Gasteiger charge is 2.10. The standard InChI is InChI=1S/C10H20N2O2/c1-5-9(11-3)7-8-12(4)10(13)14-6-2/h9H,3,5-8H2,1-2,4H3. The first kappa shape index (κ1) is 12.9. The second kappa shape index (κ2) is 7.35. The third-order valence-electron chi connectivity index (χ3n) is 2.11. The van der Waals surface area contributed by atoms with Gasteiger partial charge in [0.25, 0.3) is 0 Å². The Kier molecular flexibility index (Phi) is 6.80. The van der Waals surface area contributed by atoms with Crippen molar-refractivity contribution in [3.05, 3.63) is 0 Å². The molecule has 0 aromatic heterocycles. The summed E-state index contributed by atoms with van der Waals surface area (Å²) < 4.78 is 4.84. The molecule has 4 heteroatoms. The van der Waals surface area contributed by atoms with E-state index in [9.17, 15) is 4.79 Å². The lowest BCUT2D eigenvalue weighted by molar-refractivity contribution is 0.115. The maximum Gasteiger partial charge on any atom is 0.409 e. The van der Waals surface area contributed by atoms with Crippen molar-refractivity contribution < 1.29 is 9.53 Å². The van der Waals surface area contributed by atoms with Crippen molar-refractivity contribution in [3.63, 3.8) is 0 Å². The van der Waals surface area contributed by atoms with Gasteiger partial charge in [0.1, 0.15) is 0 Å². The van der Waals surface area contributed by atoms with E-state index < -0.39 is 0 Å². The molecule has 0 bridgehead atoms. The van der Waals surface area contributed by atoms with Crippen molar-refractivity contribution in [2.24, 2.45) is 4.99 Å². The normalized spacial score (nSPS) is 11.9. The van der Waals surface area contributed by atoms with Gasteiger partial charge in [0, 0.05) is 13.6 Å². The quantitative estimate of drug-likeness (QED) is 0.615. The van der Waals surface area contributed by atoms with E-state index in [1.54, 1.807) is 18.9 Å². The third kappa shape index (κ3) is 4.84. The van der Waals surface area contributed by atoms with Gasteiger partial charge in [0.2, 0.25) is 0 Å². The van der Waals surface area contributed by atoms with Crippen molar-refractivity contribution in [1.29, 1.82) is 0 Å². The Morgan fingerprint density at radius 2 is 2.21 bits per heavy atom. The van der Waals surface area contributed by atoms with Crippen LogP contribution in [-0.2, 0) is 4.74 Å². The number of carbonyl (C=O) groups excluding carboxylic acids is 1. The summed E-state index contributed by atoms with van der Waals surface area (Å²) in [5.41, 5.74) is 0. The number of carbonyl (C=O) groups is 1. The first-order chi connectivity index (χ1) is 6.65. The average molecular weight is 200 g/mol. The van der Waals surface area contributed by atoms with Crippen LogP contribution in [0.25, 0.3) is 0 Å². The molecular formula is C10H20N2O2. The Morgan fingerprint density at radius 1 is 1.57 bits per heavy atom. The molecule has 0 spiro atoms. The highest BCUT2D eigenvalue weighted by atomic mass is 16.5. The van der Waals surface area contributed by atoms with E-state index in [0.717, 1.165) is 12.8 Å². The average Bonchev–Trinajstić information content (AvgIpc) is 2.19. The molecule has 1 amide bonds.